The van der Waals surface area contributed by atoms with Crippen LogP contribution in [0.3, 0.4) is 0 Å². The average Bonchev–Trinajstić information content (AvgIpc) is 3.40. The summed E-state index contributed by atoms with van der Waals surface area (Å²) in [7, 11) is 2.82. The molecule has 10 heteroatoms. The van der Waals surface area contributed by atoms with Crippen LogP contribution >= 0.6 is 0 Å². The number of anilines is 1. The van der Waals surface area contributed by atoms with Crippen LogP contribution in [0.5, 0.6) is 11.5 Å². The zero-order chi connectivity index (χ0) is 21.3. The first kappa shape index (κ1) is 20.7. The number of halogens is 3. The third-order valence-corrected chi connectivity index (χ3v) is 4.57. The minimum absolute atomic E-state index is 0.0275. The van der Waals surface area contributed by atoms with Gasteiger partial charge in [0.15, 0.2) is 23.0 Å². The predicted octanol–water partition coefficient (Wildman–Crippen LogP) is 3.64. The van der Waals surface area contributed by atoms with Crippen molar-refractivity contribution in [2.24, 2.45) is 0 Å². The van der Waals surface area contributed by atoms with Gasteiger partial charge in [-0.2, -0.15) is 18.3 Å². The number of Topliss-reactive ketones (excluding diaryl/α,β-unsaturated/α-hetero) is 1. The highest BCUT2D eigenvalue weighted by Crippen LogP contribution is 2.42. The van der Waals surface area contributed by atoms with Gasteiger partial charge >= 0.3 is 6.18 Å². The normalized spacial score (nSPS) is 13.9. The molecule has 3 rings (SSSR count). The maximum Gasteiger partial charge on any atom is 0.435 e. The van der Waals surface area contributed by atoms with Gasteiger partial charge in [0.25, 0.3) is 0 Å². The van der Waals surface area contributed by atoms with E-state index in [0.29, 0.717) is 17.2 Å². The standard InChI is InChI=1S/C19H20F3N3O4/c1-10(26)12-6-15(28-2)16(29-3)7-13(12)23-18(27)9-25-14(11-4-5-11)8-17(24-25)19(20,21)22/h6-8,11H,4-5,9H2,1-3H3,(H,23,27). The number of ether oxygens (including phenoxy) is 2. The minimum atomic E-state index is -4.59. The van der Waals surface area contributed by atoms with Crippen molar-refractivity contribution < 1.29 is 32.2 Å². The van der Waals surface area contributed by atoms with Crippen molar-refractivity contribution in [3.05, 3.63) is 35.2 Å². The molecule has 2 aromatic rings. The van der Waals surface area contributed by atoms with Gasteiger partial charge in [0.2, 0.25) is 5.91 Å². The highest BCUT2D eigenvalue weighted by molar-refractivity contribution is 6.04. The first-order valence-electron chi connectivity index (χ1n) is 8.85. The Morgan fingerprint density at radius 2 is 1.79 bits per heavy atom. The zero-order valence-electron chi connectivity index (χ0n) is 16.1. The van der Waals surface area contributed by atoms with Gasteiger partial charge in [-0.3, -0.25) is 14.3 Å². The van der Waals surface area contributed by atoms with E-state index in [1.165, 1.54) is 33.3 Å². The molecule has 1 aliphatic carbocycles. The van der Waals surface area contributed by atoms with Crippen molar-refractivity contribution in [2.75, 3.05) is 19.5 Å². The SMILES string of the molecule is COc1cc(NC(=O)Cn2nc(C(F)(F)F)cc2C2CC2)c(C(C)=O)cc1OC. The molecule has 1 N–H and O–H groups in total. The lowest BCUT2D eigenvalue weighted by atomic mass is 10.1. The number of methoxy groups -OCH3 is 2. The molecule has 1 aromatic heterocycles. The molecule has 29 heavy (non-hydrogen) atoms. The summed E-state index contributed by atoms with van der Waals surface area (Å²) < 4.78 is 50.4. The van der Waals surface area contributed by atoms with Gasteiger partial charge in [-0.05, 0) is 31.9 Å². The molecule has 0 aliphatic heterocycles. The number of carbonyl (C=O) groups is 2. The van der Waals surface area contributed by atoms with E-state index in [0.717, 1.165) is 23.6 Å². The van der Waals surface area contributed by atoms with Crippen LogP contribution in [-0.2, 0) is 17.5 Å². The predicted molar refractivity (Wildman–Crippen MR) is 97.4 cm³/mol. The molecule has 0 bridgehead atoms. The number of amides is 1. The number of hydrogen-bond acceptors (Lipinski definition) is 5. The first-order chi connectivity index (χ1) is 13.6. The molecule has 0 atom stereocenters. The summed E-state index contributed by atoms with van der Waals surface area (Å²) in [4.78, 5) is 24.5. The van der Waals surface area contributed by atoms with Crippen LogP contribution in [0.1, 0.15) is 47.4 Å². The fourth-order valence-corrected chi connectivity index (χ4v) is 3.00. The molecule has 1 fully saturated rings. The van der Waals surface area contributed by atoms with Crippen LogP contribution < -0.4 is 14.8 Å². The molecule has 0 saturated heterocycles. The summed E-state index contributed by atoms with van der Waals surface area (Å²) in [5, 5.41) is 6.13. The number of ketones is 1. The molecule has 1 aromatic carbocycles. The lowest BCUT2D eigenvalue weighted by Gasteiger charge is -2.15. The summed E-state index contributed by atoms with van der Waals surface area (Å²) in [5.41, 5.74) is -0.277. The quantitative estimate of drug-likeness (QED) is 0.704. The minimum Gasteiger partial charge on any atom is -0.493 e. The Labute approximate surface area is 164 Å². The van der Waals surface area contributed by atoms with E-state index < -0.39 is 24.3 Å². The Hall–Kier alpha value is -3.04. The number of nitrogens with zero attached hydrogens (tertiary/aromatic N) is 2. The third kappa shape index (κ3) is 4.52. The number of alkyl halides is 3. The number of carbonyl (C=O) groups excluding carboxylic acids is 2. The van der Waals surface area contributed by atoms with Crippen LogP contribution in [0.25, 0.3) is 0 Å². The summed E-state index contributed by atoms with van der Waals surface area (Å²) in [6.07, 6.45) is -3.07. The van der Waals surface area contributed by atoms with Gasteiger partial charge in [0, 0.05) is 23.2 Å². The van der Waals surface area contributed by atoms with Crippen molar-refractivity contribution in [1.82, 2.24) is 9.78 Å². The Kier molecular flexibility index (Phi) is 5.54. The molecule has 0 spiro atoms. The maximum atomic E-state index is 13.0. The second kappa shape index (κ2) is 7.76. The molecule has 0 unspecified atom stereocenters. The Bertz CT molecular complexity index is 949. The van der Waals surface area contributed by atoms with Crippen molar-refractivity contribution in [3.63, 3.8) is 0 Å². The lowest BCUT2D eigenvalue weighted by Crippen LogP contribution is -2.22. The van der Waals surface area contributed by atoms with Crippen molar-refractivity contribution >= 4 is 17.4 Å². The molecule has 1 heterocycles. The third-order valence-electron chi connectivity index (χ3n) is 4.57. The topological polar surface area (TPSA) is 82.5 Å². The number of rotatable bonds is 7. The smallest absolute Gasteiger partial charge is 0.435 e. The second-order valence-electron chi connectivity index (χ2n) is 6.74. The largest absolute Gasteiger partial charge is 0.493 e. The van der Waals surface area contributed by atoms with Crippen LogP contribution in [0, 0.1) is 0 Å². The van der Waals surface area contributed by atoms with E-state index in [1.807, 2.05) is 0 Å². The fourth-order valence-electron chi connectivity index (χ4n) is 3.00. The van der Waals surface area contributed by atoms with Crippen LogP contribution in [0.2, 0.25) is 0 Å². The van der Waals surface area contributed by atoms with E-state index in [-0.39, 0.29) is 23.0 Å². The molecule has 156 valence electrons. The lowest BCUT2D eigenvalue weighted by molar-refractivity contribution is -0.141. The van der Waals surface area contributed by atoms with Crippen LogP contribution in [-0.4, -0.2) is 35.7 Å². The van der Waals surface area contributed by atoms with E-state index in [9.17, 15) is 22.8 Å². The van der Waals surface area contributed by atoms with Gasteiger partial charge in [-0.1, -0.05) is 0 Å². The highest BCUT2D eigenvalue weighted by Gasteiger charge is 2.38. The van der Waals surface area contributed by atoms with Crippen molar-refractivity contribution in [3.8, 4) is 11.5 Å². The zero-order valence-corrected chi connectivity index (χ0v) is 16.1. The molecule has 1 aliphatic rings. The van der Waals surface area contributed by atoms with Crippen LogP contribution in [0.4, 0.5) is 18.9 Å². The van der Waals surface area contributed by atoms with Gasteiger partial charge in [-0.25, -0.2) is 0 Å². The van der Waals surface area contributed by atoms with E-state index in [1.54, 1.807) is 0 Å². The average molecular weight is 411 g/mol. The summed E-state index contributed by atoms with van der Waals surface area (Å²) in [5.74, 6) is -0.351. The second-order valence-corrected chi connectivity index (χ2v) is 6.74. The molecule has 1 saturated carbocycles. The van der Waals surface area contributed by atoms with Gasteiger partial charge in [-0.15, -0.1) is 0 Å². The van der Waals surface area contributed by atoms with Crippen molar-refractivity contribution in [2.45, 2.75) is 38.4 Å². The number of benzene rings is 1. The first-order valence-corrected chi connectivity index (χ1v) is 8.85. The van der Waals surface area contributed by atoms with Gasteiger partial charge in [0.05, 0.1) is 19.9 Å². The molecular weight excluding hydrogens is 391 g/mol. The van der Waals surface area contributed by atoms with E-state index >= 15 is 0 Å². The van der Waals surface area contributed by atoms with Crippen molar-refractivity contribution in [1.29, 1.82) is 0 Å². The number of nitrogens with one attached hydrogen (secondary N) is 1. The van der Waals surface area contributed by atoms with E-state index in [4.69, 9.17) is 9.47 Å². The number of aromatic nitrogens is 2. The van der Waals surface area contributed by atoms with Crippen LogP contribution in [0.15, 0.2) is 18.2 Å². The summed E-state index contributed by atoms with van der Waals surface area (Å²) in [6, 6.07) is 3.85. The van der Waals surface area contributed by atoms with Gasteiger partial charge in [0.1, 0.15) is 6.54 Å². The summed E-state index contributed by atoms with van der Waals surface area (Å²) in [6.45, 7) is 0.915. The molecule has 7 nitrogen and oxygen atoms in total. The summed E-state index contributed by atoms with van der Waals surface area (Å²) >= 11 is 0. The van der Waals surface area contributed by atoms with Gasteiger partial charge < -0.3 is 14.8 Å². The Morgan fingerprint density at radius 1 is 1.17 bits per heavy atom. The molecular formula is C19H20F3N3O4. The molecule has 1 amide bonds. The highest BCUT2D eigenvalue weighted by atomic mass is 19.4. The van der Waals surface area contributed by atoms with E-state index in [2.05, 4.69) is 10.4 Å². The fraction of sp³-hybridized carbons (Fsp3) is 0.421. The Morgan fingerprint density at radius 3 is 2.31 bits per heavy atom. The maximum absolute atomic E-state index is 13.0. The molecule has 0 radical (unpaired) electrons. The Balaban J connectivity index is 1.86. The monoisotopic (exact) mass is 411 g/mol. The number of hydrogen-bond donors (Lipinski definition) is 1.